The van der Waals surface area contributed by atoms with E-state index in [2.05, 4.69) is 5.32 Å². The second-order valence-electron chi connectivity index (χ2n) is 5.70. The minimum absolute atomic E-state index is 0.0357. The molecule has 1 heterocycles. The first kappa shape index (κ1) is 15.8. The van der Waals surface area contributed by atoms with Crippen LogP contribution in [0.15, 0.2) is 23.1 Å². The Morgan fingerprint density at radius 2 is 2.10 bits per heavy atom. The predicted octanol–water partition coefficient (Wildman–Crippen LogP) is 0.970. The number of rotatable bonds is 3. The zero-order chi connectivity index (χ0) is 15.8. The lowest BCUT2D eigenvalue weighted by molar-refractivity contribution is 0.0727. The Balaban J connectivity index is 2.30. The van der Waals surface area contributed by atoms with Crippen LogP contribution < -0.4 is 11.1 Å². The van der Waals surface area contributed by atoms with Gasteiger partial charge in [0.1, 0.15) is 0 Å². The van der Waals surface area contributed by atoms with Crippen LogP contribution in [-0.4, -0.2) is 38.8 Å². The van der Waals surface area contributed by atoms with E-state index in [-0.39, 0.29) is 28.2 Å². The number of ether oxygens (including phenoxy) is 1. The summed E-state index contributed by atoms with van der Waals surface area (Å²) in [5, 5.41) is 2.91. The van der Waals surface area contributed by atoms with E-state index in [1.54, 1.807) is 0 Å². The summed E-state index contributed by atoms with van der Waals surface area (Å²) in [6, 6.07) is 4.15. The number of anilines is 1. The number of nitrogens with two attached hydrogens (primary N) is 1. The number of hydrogen-bond acceptors (Lipinski definition) is 5. The van der Waals surface area contributed by atoms with Crippen LogP contribution in [0.4, 0.5) is 5.69 Å². The molecule has 2 unspecified atom stereocenters. The van der Waals surface area contributed by atoms with Crippen LogP contribution in [0.25, 0.3) is 0 Å². The molecule has 0 aromatic heterocycles. The fraction of sp³-hybridized carbons (Fsp3) is 0.500. The lowest BCUT2D eigenvalue weighted by atomic mass is 9.94. The number of benzene rings is 1. The summed E-state index contributed by atoms with van der Waals surface area (Å²) in [7, 11) is -3.42. The molecule has 0 radical (unpaired) electrons. The van der Waals surface area contributed by atoms with E-state index in [1.165, 1.54) is 18.2 Å². The molecule has 2 atom stereocenters. The summed E-state index contributed by atoms with van der Waals surface area (Å²) in [6.45, 7) is 4.39. The van der Waals surface area contributed by atoms with Crippen molar-refractivity contribution in [2.45, 2.75) is 36.8 Å². The SMILES string of the molecule is CC1OCCC1(C)NC(=O)c1cc(N)cc(S(C)(=O)=O)c1. The molecular formula is C14H20N2O4S. The van der Waals surface area contributed by atoms with Crippen LogP contribution in [0.1, 0.15) is 30.6 Å². The van der Waals surface area contributed by atoms with Gasteiger partial charge in [-0.3, -0.25) is 4.79 Å². The van der Waals surface area contributed by atoms with Crippen molar-refractivity contribution in [1.82, 2.24) is 5.32 Å². The average Bonchev–Trinajstić information content (AvgIpc) is 2.67. The van der Waals surface area contributed by atoms with Crippen LogP contribution in [-0.2, 0) is 14.6 Å². The summed E-state index contributed by atoms with van der Waals surface area (Å²) in [6.07, 6.45) is 1.69. The van der Waals surface area contributed by atoms with Crippen LogP contribution in [0.5, 0.6) is 0 Å². The zero-order valence-corrected chi connectivity index (χ0v) is 13.2. The van der Waals surface area contributed by atoms with Gasteiger partial charge in [-0.15, -0.1) is 0 Å². The van der Waals surface area contributed by atoms with E-state index in [0.717, 1.165) is 6.26 Å². The van der Waals surface area contributed by atoms with Crippen LogP contribution in [0.2, 0.25) is 0 Å². The van der Waals surface area contributed by atoms with E-state index in [1.807, 2.05) is 13.8 Å². The molecule has 0 bridgehead atoms. The van der Waals surface area contributed by atoms with Gasteiger partial charge in [0.05, 0.1) is 16.5 Å². The Kier molecular flexibility index (Phi) is 3.99. The normalized spacial score (nSPS) is 25.8. The third-order valence-corrected chi connectivity index (χ3v) is 5.00. The van der Waals surface area contributed by atoms with E-state index in [0.29, 0.717) is 13.0 Å². The Morgan fingerprint density at radius 3 is 2.62 bits per heavy atom. The quantitative estimate of drug-likeness (QED) is 0.810. The van der Waals surface area contributed by atoms with Crippen molar-refractivity contribution in [3.8, 4) is 0 Å². The molecule has 1 aromatic carbocycles. The molecule has 1 saturated heterocycles. The topological polar surface area (TPSA) is 98.5 Å². The molecule has 116 valence electrons. The van der Waals surface area contributed by atoms with Crippen LogP contribution in [0.3, 0.4) is 0 Å². The monoisotopic (exact) mass is 312 g/mol. The Labute approximate surface area is 124 Å². The Hall–Kier alpha value is -1.60. The number of carbonyl (C=O) groups is 1. The van der Waals surface area contributed by atoms with Crippen molar-refractivity contribution in [2.75, 3.05) is 18.6 Å². The predicted molar refractivity (Wildman–Crippen MR) is 79.9 cm³/mol. The summed E-state index contributed by atoms with van der Waals surface area (Å²) >= 11 is 0. The maximum Gasteiger partial charge on any atom is 0.251 e. The van der Waals surface area contributed by atoms with Crippen molar-refractivity contribution < 1.29 is 17.9 Å². The number of nitrogens with one attached hydrogen (secondary N) is 1. The highest BCUT2D eigenvalue weighted by Gasteiger charge is 2.38. The Bertz CT molecular complexity index is 672. The molecule has 1 aliphatic rings. The van der Waals surface area contributed by atoms with Crippen molar-refractivity contribution in [2.24, 2.45) is 0 Å². The third-order valence-electron chi connectivity index (χ3n) is 3.90. The van der Waals surface area contributed by atoms with Gasteiger partial charge in [0, 0.05) is 24.1 Å². The zero-order valence-electron chi connectivity index (χ0n) is 12.3. The van der Waals surface area contributed by atoms with Gasteiger partial charge < -0.3 is 15.8 Å². The molecule has 1 aliphatic heterocycles. The molecule has 6 nitrogen and oxygen atoms in total. The van der Waals surface area contributed by atoms with Gasteiger partial charge in [0.15, 0.2) is 9.84 Å². The number of amides is 1. The van der Waals surface area contributed by atoms with Gasteiger partial charge in [-0.05, 0) is 38.5 Å². The first-order valence-electron chi connectivity index (χ1n) is 6.66. The number of sulfone groups is 1. The molecule has 0 spiro atoms. The molecule has 3 N–H and O–H groups in total. The summed E-state index contributed by atoms with van der Waals surface area (Å²) in [4.78, 5) is 12.4. The van der Waals surface area contributed by atoms with Gasteiger partial charge in [-0.2, -0.15) is 0 Å². The molecule has 1 amide bonds. The van der Waals surface area contributed by atoms with Crippen molar-refractivity contribution in [3.05, 3.63) is 23.8 Å². The second kappa shape index (κ2) is 5.31. The highest BCUT2D eigenvalue weighted by Crippen LogP contribution is 2.26. The fourth-order valence-electron chi connectivity index (χ4n) is 2.30. The van der Waals surface area contributed by atoms with Gasteiger partial charge in [0.2, 0.25) is 0 Å². The van der Waals surface area contributed by atoms with E-state index in [4.69, 9.17) is 10.5 Å². The van der Waals surface area contributed by atoms with Gasteiger partial charge in [0.25, 0.3) is 5.91 Å². The standard InChI is InChI=1S/C14H20N2O4S/c1-9-14(2,4-5-20-9)16-13(17)10-6-11(15)8-12(7-10)21(3,18)19/h6-9H,4-5,15H2,1-3H3,(H,16,17). The van der Waals surface area contributed by atoms with E-state index < -0.39 is 15.4 Å². The van der Waals surface area contributed by atoms with Crippen molar-refractivity contribution >= 4 is 21.4 Å². The Morgan fingerprint density at radius 1 is 1.43 bits per heavy atom. The second-order valence-corrected chi connectivity index (χ2v) is 7.71. The van der Waals surface area contributed by atoms with Crippen molar-refractivity contribution in [3.63, 3.8) is 0 Å². The molecule has 7 heteroatoms. The number of carbonyl (C=O) groups excluding carboxylic acids is 1. The average molecular weight is 312 g/mol. The summed E-state index contributed by atoms with van der Waals surface area (Å²) in [5.41, 5.74) is 5.70. The van der Waals surface area contributed by atoms with Crippen molar-refractivity contribution in [1.29, 1.82) is 0 Å². The molecule has 1 aromatic rings. The largest absolute Gasteiger partial charge is 0.399 e. The highest BCUT2D eigenvalue weighted by atomic mass is 32.2. The lowest BCUT2D eigenvalue weighted by Gasteiger charge is -2.29. The lowest BCUT2D eigenvalue weighted by Crippen LogP contribution is -2.50. The molecule has 21 heavy (non-hydrogen) atoms. The molecule has 0 aliphatic carbocycles. The summed E-state index contributed by atoms with van der Waals surface area (Å²) < 4.78 is 28.7. The van der Waals surface area contributed by atoms with Crippen LogP contribution >= 0.6 is 0 Å². The first-order chi connectivity index (χ1) is 9.62. The molecule has 1 fully saturated rings. The third kappa shape index (κ3) is 3.36. The van der Waals surface area contributed by atoms with Crippen LogP contribution in [0, 0.1) is 0 Å². The van der Waals surface area contributed by atoms with Gasteiger partial charge >= 0.3 is 0 Å². The van der Waals surface area contributed by atoms with Gasteiger partial charge in [-0.25, -0.2) is 8.42 Å². The fourth-order valence-corrected chi connectivity index (χ4v) is 2.99. The van der Waals surface area contributed by atoms with E-state index >= 15 is 0 Å². The minimum Gasteiger partial charge on any atom is -0.399 e. The number of hydrogen-bond donors (Lipinski definition) is 2. The smallest absolute Gasteiger partial charge is 0.251 e. The summed E-state index contributed by atoms with van der Waals surface area (Å²) in [5.74, 6) is -0.355. The van der Waals surface area contributed by atoms with E-state index in [9.17, 15) is 13.2 Å². The number of nitrogen functional groups attached to an aromatic ring is 1. The van der Waals surface area contributed by atoms with Gasteiger partial charge in [-0.1, -0.05) is 0 Å². The maximum absolute atomic E-state index is 12.4. The minimum atomic E-state index is -3.42. The molecule has 2 rings (SSSR count). The highest BCUT2D eigenvalue weighted by molar-refractivity contribution is 7.90. The first-order valence-corrected chi connectivity index (χ1v) is 8.56. The maximum atomic E-state index is 12.4. The molecule has 0 saturated carbocycles. The molecular weight excluding hydrogens is 292 g/mol.